The fraction of sp³-hybridized carbons (Fsp3) is 0.500. The SMILES string of the molecule is CC(OC(=O)CCc1ccc(S(N)(=O)=O)cc1)C(=O)NC(C)(C)C. The van der Waals surface area contributed by atoms with Gasteiger partial charge < -0.3 is 10.1 Å². The van der Waals surface area contributed by atoms with Crippen LogP contribution in [0.25, 0.3) is 0 Å². The maximum atomic E-state index is 11.8. The number of sulfonamides is 1. The summed E-state index contributed by atoms with van der Waals surface area (Å²) in [5, 5.41) is 7.75. The fourth-order valence-electron chi connectivity index (χ4n) is 1.87. The van der Waals surface area contributed by atoms with Gasteiger partial charge in [-0.25, -0.2) is 13.6 Å². The lowest BCUT2D eigenvalue weighted by molar-refractivity contribution is -0.155. The average molecular weight is 356 g/mol. The Balaban J connectivity index is 2.50. The highest BCUT2D eigenvalue weighted by Crippen LogP contribution is 2.11. The van der Waals surface area contributed by atoms with Gasteiger partial charge in [0.15, 0.2) is 6.10 Å². The van der Waals surface area contributed by atoms with E-state index in [4.69, 9.17) is 9.88 Å². The van der Waals surface area contributed by atoms with Gasteiger partial charge in [0, 0.05) is 12.0 Å². The van der Waals surface area contributed by atoms with Crippen LogP contribution in [0.1, 0.15) is 39.7 Å². The Morgan fingerprint density at radius 1 is 1.21 bits per heavy atom. The van der Waals surface area contributed by atoms with Crippen LogP contribution in [-0.4, -0.2) is 31.9 Å². The first-order valence-corrected chi connectivity index (χ1v) is 9.06. The van der Waals surface area contributed by atoms with Gasteiger partial charge >= 0.3 is 5.97 Å². The lowest BCUT2D eigenvalue weighted by Crippen LogP contribution is -2.46. The standard InChI is InChI=1S/C16H24N2O5S/c1-11(15(20)18-16(2,3)4)23-14(19)10-7-12-5-8-13(9-6-12)24(17,21)22/h5-6,8-9,11H,7,10H2,1-4H3,(H,18,20)(H2,17,21,22). The number of carbonyl (C=O) groups excluding carboxylic acids is 2. The second kappa shape index (κ2) is 7.76. The average Bonchev–Trinajstić information content (AvgIpc) is 2.42. The summed E-state index contributed by atoms with van der Waals surface area (Å²) < 4.78 is 27.4. The van der Waals surface area contributed by atoms with E-state index in [0.717, 1.165) is 5.56 Å². The van der Waals surface area contributed by atoms with Crippen molar-refractivity contribution in [3.63, 3.8) is 0 Å². The summed E-state index contributed by atoms with van der Waals surface area (Å²) in [4.78, 5) is 23.7. The van der Waals surface area contributed by atoms with E-state index < -0.39 is 27.6 Å². The van der Waals surface area contributed by atoms with Crippen molar-refractivity contribution in [2.45, 2.75) is 57.1 Å². The highest BCUT2D eigenvalue weighted by Gasteiger charge is 2.22. The molecule has 1 rings (SSSR count). The van der Waals surface area contributed by atoms with Gasteiger partial charge in [-0.1, -0.05) is 12.1 Å². The molecule has 0 aliphatic carbocycles. The van der Waals surface area contributed by atoms with E-state index >= 15 is 0 Å². The molecule has 1 unspecified atom stereocenters. The second-order valence-electron chi connectivity index (χ2n) is 6.56. The first-order valence-electron chi connectivity index (χ1n) is 7.52. The summed E-state index contributed by atoms with van der Waals surface area (Å²) in [6, 6.07) is 5.94. The number of nitrogens with two attached hydrogens (primary N) is 1. The molecule has 0 fully saturated rings. The van der Waals surface area contributed by atoms with Crippen LogP contribution in [0.4, 0.5) is 0 Å². The van der Waals surface area contributed by atoms with Gasteiger partial charge in [-0.2, -0.15) is 0 Å². The number of carbonyl (C=O) groups is 2. The molecule has 1 aromatic rings. The minimum absolute atomic E-state index is 0.0151. The number of nitrogens with one attached hydrogen (secondary N) is 1. The van der Waals surface area contributed by atoms with Crippen LogP contribution in [0, 0.1) is 0 Å². The van der Waals surface area contributed by atoms with Crippen molar-refractivity contribution in [3.05, 3.63) is 29.8 Å². The molecule has 0 aliphatic heterocycles. The van der Waals surface area contributed by atoms with Gasteiger partial charge in [0.1, 0.15) is 0 Å². The molecule has 0 aliphatic rings. The minimum atomic E-state index is -3.73. The zero-order chi connectivity index (χ0) is 18.5. The molecule has 0 radical (unpaired) electrons. The molecule has 1 aromatic carbocycles. The monoisotopic (exact) mass is 356 g/mol. The molecule has 0 saturated heterocycles. The summed E-state index contributed by atoms with van der Waals surface area (Å²) in [5.74, 6) is -0.851. The Hall–Kier alpha value is -1.93. The van der Waals surface area contributed by atoms with E-state index in [2.05, 4.69) is 5.32 Å². The van der Waals surface area contributed by atoms with Gasteiger partial charge in [-0.15, -0.1) is 0 Å². The normalized spacial score (nSPS) is 13.2. The van der Waals surface area contributed by atoms with E-state index in [1.807, 2.05) is 20.8 Å². The molecule has 1 atom stereocenters. The van der Waals surface area contributed by atoms with Crippen molar-refractivity contribution in [2.75, 3.05) is 0 Å². The van der Waals surface area contributed by atoms with E-state index in [9.17, 15) is 18.0 Å². The maximum Gasteiger partial charge on any atom is 0.306 e. The summed E-state index contributed by atoms with van der Waals surface area (Å²) in [7, 11) is -3.73. The number of primary sulfonamides is 1. The molecule has 0 aromatic heterocycles. The number of hydrogen-bond acceptors (Lipinski definition) is 5. The fourth-order valence-corrected chi connectivity index (χ4v) is 2.39. The lowest BCUT2D eigenvalue weighted by atomic mass is 10.1. The molecule has 0 saturated carbocycles. The number of ether oxygens (including phenoxy) is 1. The molecular formula is C16H24N2O5S. The first-order chi connectivity index (χ1) is 10.9. The summed E-state index contributed by atoms with van der Waals surface area (Å²) in [6.45, 7) is 7.03. The van der Waals surface area contributed by atoms with Crippen molar-refractivity contribution in [1.29, 1.82) is 0 Å². The van der Waals surface area contributed by atoms with Gasteiger partial charge in [0.2, 0.25) is 10.0 Å². The number of aryl methyl sites for hydroxylation is 1. The van der Waals surface area contributed by atoms with Crippen LogP contribution in [0.5, 0.6) is 0 Å². The third-order valence-electron chi connectivity index (χ3n) is 3.05. The van der Waals surface area contributed by atoms with Crippen LogP contribution in [0.15, 0.2) is 29.2 Å². The third-order valence-corrected chi connectivity index (χ3v) is 3.97. The first kappa shape index (κ1) is 20.1. The largest absolute Gasteiger partial charge is 0.453 e. The van der Waals surface area contributed by atoms with Crippen LogP contribution in [0.3, 0.4) is 0 Å². The molecule has 134 valence electrons. The third kappa shape index (κ3) is 7.10. The quantitative estimate of drug-likeness (QED) is 0.741. The predicted molar refractivity (Wildman–Crippen MR) is 89.6 cm³/mol. The van der Waals surface area contributed by atoms with Crippen molar-refractivity contribution in [1.82, 2.24) is 5.32 Å². The van der Waals surface area contributed by atoms with E-state index in [1.54, 1.807) is 12.1 Å². The van der Waals surface area contributed by atoms with Crippen LogP contribution in [-0.2, 0) is 30.8 Å². The van der Waals surface area contributed by atoms with Gasteiger partial charge in [0.05, 0.1) is 4.90 Å². The number of rotatable bonds is 6. The van der Waals surface area contributed by atoms with Crippen molar-refractivity contribution in [3.8, 4) is 0 Å². The Morgan fingerprint density at radius 2 is 1.75 bits per heavy atom. The topological polar surface area (TPSA) is 116 Å². The molecular weight excluding hydrogens is 332 g/mol. The Kier molecular flexibility index (Phi) is 6.50. The lowest BCUT2D eigenvalue weighted by Gasteiger charge is -2.23. The Labute approximate surface area is 142 Å². The van der Waals surface area contributed by atoms with Crippen LogP contribution in [0.2, 0.25) is 0 Å². The highest BCUT2D eigenvalue weighted by atomic mass is 32.2. The molecule has 0 heterocycles. The predicted octanol–water partition coefficient (Wildman–Crippen LogP) is 1.11. The van der Waals surface area contributed by atoms with Crippen molar-refractivity contribution < 1.29 is 22.7 Å². The van der Waals surface area contributed by atoms with Crippen LogP contribution < -0.4 is 10.5 Å². The summed E-state index contributed by atoms with van der Waals surface area (Å²) >= 11 is 0. The zero-order valence-corrected chi connectivity index (χ0v) is 15.1. The van der Waals surface area contributed by atoms with E-state index in [-0.39, 0.29) is 17.2 Å². The summed E-state index contributed by atoms with van der Waals surface area (Å²) in [5.41, 5.74) is 0.370. The molecule has 8 heteroatoms. The number of hydrogen-bond donors (Lipinski definition) is 2. The highest BCUT2D eigenvalue weighted by molar-refractivity contribution is 7.89. The van der Waals surface area contributed by atoms with E-state index in [0.29, 0.717) is 6.42 Å². The molecule has 0 bridgehead atoms. The van der Waals surface area contributed by atoms with Crippen LogP contribution >= 0.6 is 0 Å². The maximum absolute atomic E-state index is 11.8. The molecule has 3 N–H and O–H groups in total. The molecule has 24 heavy (non-hydrogen) atoms. The number of amides is 1. The number of benzene rings is 1. The van der Waals surface area contributed by atoms with Crippen molar-refractivity contribution in [2.24, 2.45) is 5.14 Å². The molecule has 0 spiro atoms. The number of esters is 1. The summed E-state index contributed by atoms with van der Waals surface area (Å²) in [6.07, 6.45) is -0.416. The second-order valence-corrected chi connectivity index (χ2v) is 8.12. The van der Waals surface area contributed by atoms with E-state index in [1.165, 1.54) is 19.1 Å². The van der Waals surface area contributed by atoms with Gasteiger partial charge in [-0.05, 0) is 51.8 Å². The smallest absolute Gasteiger partial charge is 0.306 e. The Morgan fingerprint density at radius 3 is 2.21 bits per heavy atom. The molecule has 7 nitrogen and oxygen atoms in total. The van der Waals surface area contributed by atoms with Gasteiger partial charge in [0.25, 0.3) is 5.91 Å². The Bertz CT molecular complexity index is 690. The zero-order valence-electron chi connectivity index (χ0n) is 14.3. The molecule has 1 amide bonds. The minimum Gasteiger partial charge on any atom is -0.453 e. The van der Waals surface area contributed by atoms with Gasteiger partial charge in [-0.3, -0.25) is 9.59 Å². The van der Waals surface area contributed by atoms with Crippen molar-refractivity contribution >= 4 is 21.9 Å².